The average molecular weight is 260 g/mol. The fraction of sp³-hybridized carbons (Fsp3) is 0.308. The van der Waals surface area contributed by atoms with Crippen molar-refractivity contribution in [1.29, 1.82) is 0 Å². The van der Waals surface area contributed by atoms with Gasteiger partial charge in [-0.15, -0.1) is 0 Å². The molecule has 0 aliphatic carbocycles. The van der Waals surface area contributed by atoms with E-state index in [1.807, 2.05) is 20.9 Å². The van der Waals surface area contributed by atoms with Gasteiger partial charge in [-0.2, -0.15) is 5.10 Å². The minimum atomic E-state index is -0.279. The van der Waals surface area contributed by atoms with Crippen molar-refractivity contribution in [3.05, 3.63) is 41.5 Å². The summed E-state index contributed by atoms with van der Waals surface area (Å²) in [6, 6.07) is 1.22. The molecule has 0 aromatic carbocycles. The molecule has 1 amide bonds. The topological polar surface area (TPSA) is 80.0 Å². The van der Waals surface area contributed by atoms with E-state index in [1.165, 1.54) is 18.5 Å². The SMILES string of the molecule is Cc1c(C(C)NC(=O)c2cncc(O)c2)cnn1C. The normalized spacial score (nSPS) is 12.2. The van der Waals surface area contributed by atoms with Crippen LogP contribution >= 0.6 is 0 Å². The van der Waals surface area contributed by atoms with Gasteiger partial charge in [0.2, 0.25) is 0 Å². The summed E-state index contributed by atoms with van der Waals surface area (Å²) < 4.78 is 1.76. The van der Waals surface area contributed by atoms with Crippen LogP contribution in [0.5, 0.6) is 5.75 Å². The van der Waals surface area contributed by atoms with Crippen molar-refractivity contribution in [2.75, 3.05) is 0 Å². The lowest BCUT2D eigenvalue weighted by Crippen LogP contribution is -2.27. The van der Waals surface area contributed by atoms with Gasteiger partial charge in [0, 0.05) is 24.5 Å². The van der Waals surface area contributed by atoms with Crippen LogP contribution in [0.4, 0.5) is 0 Å². The summed E-state index contributed by atoms with van der Waals surface area (Å²) in [6.07, 6.45) is 4.43. The van der Waals surface area contributed by atoms with Crippen molar-refractivity contribution in [3.63, 3.8) is 0 Å². The van der Waals surface area contributed by atoms with Crippen LogP contribution in [0.1, 0.15) is 34.6 Å². The summed E-state index contributed by atoms with van der Waals surface area (Å²) in [5.74, 6) is -0.308. The standard InChI is InChI=1S/C13H16N4O2/c1-8(12-7-15-17(3)9(12)2)16-13(19)10-4-11(18)6-14-5-10/h4-8,18H,1-3H3,(H,16,19). The minimum Gasteiger partial charge on any atom is -0.506 e. The van der Waals surface area contributed by atoms with Gasteiger partial charge in [0.25, 0.3) is 5.91 Å². The summed E-state index contributed by atoms with van der Waals surface area (Å²) in [4.78, 5) is 15.8. The van der Waals surface area contributed by atoms with Gasteiger partial charge in [-0.1, -0.05) is 0 Å². The Labute approximate surface area is 111 Å². The molecule has 0 aliphatic rings. The quantitative estimate of drug-likeness (QED) is 0.872. The first-order valence-electron chi connectivity index (χ1n) is 5.92. The third-order valence-corrected chi connectivity index (χ3v) is 3.07. The molecular formula is C13H16N4O2. The van der Waals surface area contributed by atoms with Gasteiger partial charge in [0.15, 0.2) is 0 Å². The monoisotopic (exact) mass is 260 g/mol. The zero-order valence-corrected chi connectivity index (χ0v) is 11.1. The zero-order valence-electron chi connectivity index (χ0n) is 11.1. The van der Waals surface area contributed by atoms with Crippen LogP contribution in [-0.2, 0) is 7.05 Å². The number of carbonyl (C=O) groups excluding carboxylic acids is 1. The van der Waals surface area contributed by atoms with Gasteiger partial charge < -0.3 is 10.4 Å². The van der Waals surface area contributed by atoms with Gasteiger partial charge in [-0.25, -0.2) is 0 Å². The van der Waals surface area contributed by atoms with Gasteiger partial charge in [0.1, 0.15) is 5.75 Å². The van der Waals surface area contributed by atoms with E-state index >= 15 is 0 Å². The average Bonchev–Trinajstić information content (AvgIpc) is 2.70. The van der Waals surface area contributed by atoms with Crippen LogP contribution < -0.4 is 5.32 Å². The minimum absolute atomic E-state index is 0.0298. The van der Waals surface area contributed by atoms with Crippen molar-refractivity contribution >= 4 is 5.91 Å². The molecule has 0 fully saturated rings. The lowest BCUT2D eigenvalue weighted by molar-refractivity contribution is 0.0939. The van der Waals surface area contributed by atoms with Gasteiger partial charge in [-0.3, -0.25) is 14.5 Å². The van der Waals surface area contributed by atoms with E-state index in [0.29, 0.717) is 5.56 Å². The number of aryl methyl sites for hydroxylation is 1. The second-order valence-corrected chi connectivity index (χ2v) is 4.44. The number of hydrogen-bond acceptors (Lipinski definition) is 4. The molecule has 1 unspecified atom stereocenters. The predicted molar refractivity (Wildman–Crippen MR) is 69.7 cm³/mol. The van der Waals surface area contributed by atoms with E-state index in [2.05, 4.69) is 15.4 Å². The highest BCUT2D eigenvalue weighted by atomic mass is 16.3. The first-order chi connectivity index (χ1) is 8.99. The van der Waals surface area contributed by atoms with E-state index in [-0.39, 0.29) is 17.7 Å². The van der Waals surface area contributed by atoms with E-state index in [1.54, 1.807) is 10.9 Å². The molecule has 0 spiro atoms. The smallest absolute Gasteiger partial charge is 0.253 e. The van der Waals surface area contributed by atoms with Gasteiger partial charge >= 0.3 is 0 Å². The van der Waals surface area contributed by atoms with E-state index in [9.17, 15) is 9.90 Å². The summed E-state index contributed by atoms with van der Waals surface area (Å²) in [7, 11) is 1.85. The summed E-state index contributed by atoms with van der Waals surface area (Å²) in [5, 5.41) is 16.3. The third-order valence-electron chi connectivity index (χ3n) is 3.07. The number of rotatable bonds is 3. The highest BCUT2D eigenvalue weighted by Crippen LogP contribution is 2.17. The Hall–Kier alpha value is -2.37. The zero-order chi connectivity index (χ0) is 14.0. The molecule has 0 aliphatic heterocycles. The Morgan fingerprint density at radius 2 is 2.16 bits per heavy atom. The van der Waals surface area contributed by atoms with E-state index in [0.717, 1.165) is 11.3 Å². The maximum atomic E-state index is 12.0. The van der Waals surface area contributed by atoms with E-state index < -0.39 is 0 Å². The first kappa shape index (κ1) is 13.1. The van der Waals surface area contributed by atoms with Gasteiger partial charge in [0.05, 0.1) is 24.0 Å². The molecule has 0 radical (unpaired) electrons. The molecule has 2 aromatic rings. The molecule has 6 nitrogen and oxygen atoms in total. The number of aromatic hydroxyl groups is 1. The van der Waals surface area contributed by atoms with Gasteiger partial charge in [-0.05, 0) is 19.9 Å². The Balaban J connectivity index is 2.13. The molecule has 0 bridgehead atoms. The Morgan fingerprint density at radius 1 is 1.42 bits per heavy atom. The molecule has 0 saturated heterocycles. The van der Waals surface area contributed by atoms with E-state index in [4.69, 9.17) is 0 Å². The predicted octanol–water partition coefficient (Wildman–Crippen LogP) is 1.32. The summed E-state index contributed by atoms with van der Waals surface area (Å²) in [5.41, 5.74) is 2.29. The number of carbonyl (C=O) groups is 1. The van der Waals surface area contributed by atoms with Crippen molar-refractivity contribution in [3.8, 4) is 5.75 Å². The molecule has 2 aromatic heterocycles. The molecule has 100 valence electrons. The second kappa shape index (κ2) is 5.09. The van der Waals surface area contributed by atoms with Crippen LogP contribution in [0.2, 0.25) is 0 Å². The Morgan fingerprint density at radius 3 is 2.74 bits per heavy atom. The third kappa shape index (κ3) is 2.73. The number of nitrogens with one attached hydrogen (secondary N) is 1. The highest BCUT2D eigenvalue weighted by Gasteiger charge is 2.15. The Bertz CT molecular complexity index is 606. The molecule has 2 heterocycles. The van der Waals surface area contributed by atoms with Crippen LogP contribution in [0.15, 0.2) is 24.7 Å². The van der Waals surface area contributed by atoms with Crippen LogP contribution in [0, 0.1) is 6.92 Å². The maximum absolute atomic E-state index is 12.0. The van der Waals surface area contributed by atoms with Crippen molar-refractivity contribution in [2.24, 2.45) is 7.05 Å². The van der Waals surface area contributed by atoms with Crippen LogP contribution in [0.3, 0.4) is 0 Å². The molecule has 2 rings (SSSR count). The highest BCUT2D eigenvalue weighted by molar-refractivity contribution is 5.94. The fourth-order valence-electron chi connectivity index (χ4n) is 1.85. The number of pyridine rings is 1. The molecule has 2 N–H and O–H groups in total. The number of aromatic nitrogens is 3. The summed E-state index contributed by atoms with van der Waals surface area (Å²) in [6.45, 7) is 3.83. The lowest BCUT2D eigenvalue weighted by Gasteiger charge is -2.13. The molecule has 1 atom stereocenters. The second-order valence-electron chi connectivity index (χ2n) is 4.44. The maximum Gasteiger partial charge on any atom is 0.253 e. The number of nitrogens with zero attached hydrogens (tertiary/aromatic N) is 3. The fourth-order valence-corrected chi connectivity index (χ4v) is 1.85. The largest absolute Gasteiger partial charge is 0.506 e. The molecular weight excluding hydrogens is 244 g/mol. The number of amides is 1. The van der Waals surface area contributed by atoms with Crippen molar-refractivity contribution < 1.29 is 9.90 Å². The molecule has 0 saturated carbocycles. The number of hydrogen-bond donors (Lipinski definition) is 2. The van der Waals surface area contributed by atoms with Crippen LogP contribution in [-0.4, -0.2) is 25.8 Å². The van der Waals surface area contributed by atoms with Crippen molar-refractivity contribution in [2.45, 2.75) is 19.9 Å². The van der Waals surface area contributed by atoms with Crippen molar-refractivity contribution in [1.82, 2.24) is 20.1 Å². The lowest BCUT2D eigenvalue weighted by atomic mass is 10.1. The summed E-state index contributed by atoms with van der Waals surface area (Å²) >= 11 is 0. The Kier molecular flexibility index (Phi) is 3.50. The molecule has 19 heavy (non-hydrogen) atoms. The molecule has 6 heteroatoms. The van der Waals surface area contributed by atoms with Crippen LogP contribution in [0.25, 0.3) is 0 Å². The first-order valence-corrected chi connectivity index (χ1v) is 5.92.